The first-order chi connectivity index (χ1) is 20.6. The Kier molecular flexibility index (Phi) is 10.3. The van der Waals surface area contributed by atoms with Crippen LogP contribution in [0.4, 0.5) is 18.0 Å². The van der Waals surface area contributed by atoms with Gasteiger partial charge < -0.3 is 24.3 Å². The topological polar surface area (TPSA) is 66.0 Å². The Morgan fingerprint density at radius 3 is 2.18 bits per heavy atom. The van der Waals surface area contributed by atoms with E-state index in [2.05, 4.69) is 11.4 Å². The molecule has 1 aliphatic heterocycles. The molecule has 1 fully saturated rings. The number of alkyl halides is 3. The Balaban J connectivity index is 1.40. The molecule has 1 saturated heterocycles. The molecule has 0 bridgehead atoms. The van der Waals surface area contributed by atoms with Crippen molar-refractivity contribution in [3.05, 3.63) is 89.5 Å². The molecule has 1 amide bonds. The molecular weight excluding hydrogens is 571 g/mol. The molecule has 0 radical (unpaired) electrons. The molecule has 44 heavy (non-hydrogen) atoms. The van der Waals surface area contributed by atoms with E-state index in [1.54, 1.807) is 40.7 Å². The van der Waals surface area contributed by atoms with Crippen LogP contribution in [0.25, 0.3) is 11.1 Å². The van der Waals surface area contributed by atoms with E-state index < -0.39 is 34.8 Å². The summed E-state index contributed by atoms with van der Waals surface area (Å²) >= 11 is 0. The molecule has 3 aromatic rings. The first kappa shape index (κ1) is 33.3. The van der Waals surface area contributed by atoms with Crippen LogP contribution in [0.5, 0.6) is 5.75 Å². The van der Waals surface area contributed by atoms with Gasteiger partial charge in [0.05, 0.1) is 30.9 Å². The Morgan fingerprint density at radius 1 is 0.864 bits per heavy atom. The van der Waals surface area contributed by atoms with Gasteiger partial charge in [-0.15, -0.1) is 0 Å². The summed E-state index contributed by atoms with van der Waals surface area (Å²) in [4.78, 5) is 12.6. The van der Waals surface area contributed by atoms with Gasteiger partial charge in [-0.25, -0.2) is 4.79 Å². The summed E-state index contributed by atoms with van der Waals surface area (Å²) in [7, 11) is 0. The van der Waals surface area contributed by atoms with Gasteiger partial charge in [0, 0.05) is 0 Å². The number of ether oxygens (including phenoxy) is 4. The van der Waals surface area contributed by atoms with E-state index >= 15 is 0 Å². The maximum atomic E-state index is 14.1. The van der Waals surface area contributed by atoms with Crippen molar-refractivity contribution in [2.75, 3.05) is 19.8 Å². The zero-order chi connectivity index (χ0) is 32.0. The fourth-order valence-electron chi connectivity index (χ4n) is 4.97. The van der Waals surface area contributed by atoms with Gasteiger partial charge in [-0.2, -0.15) is 13.2 Å². The lowest BCUT2D eigenvalue weighted by molar-refractivity contribution is -0.271. The molecule has 238 valence electrons. The van der Waals surface area contributed by atoms with Crippen molar-refractivity contribution in [1.29, 1.82) is 0 Å². The normalized spacial score (nSPS) is 16.3. The van der Waals surface area contributed by atoms with Crippen molar-refractivity contribution in [3.63, 3.8) is 0 Å². The first-order valence-corrected chi connectivity index (χ1v) is 14.9. The molecular formula is C35H42F3NO5. The molecule has 1 heterocycles. The number of benzene rings is 3. The van der Waals surface area contributed by atoms with Gasteiger partial charge in [-0.3, -0.25) is 0 Å². The summed E-state index contributed by atoms with van der Waals surface area (Å²) in [6, 6.07) is 22.3. The van der Waals surface area contributed by atoms with Crippen LogP contribution in [0.2, 0.25) is 0 Å². The fourth-order valence-corrected chi connectivity index (χ4v) is 4.97. The molecule has 0 aromatic heterocycles. The van der Waals surface area contributed by atoms with Gasteiger partial charge in [-0.1, -0.05) is 60.7 Å². The monoisotopic (exact) mass is 613 g/mol. The molecule has 1 aliphatic rings. The highest BCUT2D eigenvalue weighted by molar-refractivity contribution is 5.69. The van der Waals surface area contributed by atoms with Crippen LogP contribution in [0.15, 0.2) is 72.8 Å². The number of rotatable bonds is 10. The third kappa shape index (κ3) is 9.72. The van der Waals surface area contributed by atoms with E-state index in [9.17, 15) is 18.0 Å². The highest BCUT2D eigenvalue weighted by Gasteiger charge is 2.42. The number of aryl methyl sites for hydroxylation is 2. The minimum atomic E-state index is -4.59. The lowest BCUT2D eigenvalue weighted by Crippen LogP contribution is -2.61. The van der Waals surface area contributed by atoms with Gasteiger partial charge in [-0.05, 0) is 94.7 Å². The molecule has 3 aromatic carbocycles. The molecule has 1 N–H and O–H groups in total. The third-order valence-corrected chi connectivity index (χ3v) is 7.30. The minimum absolute atomic E-state index is 0.126. The zero-order valence-corrected chi connectivity index (χ0v) is 26.1. The van der Waals surface area contributed by atoms with Crippen molar-refractivity contribution in [2.45, 2.75) is 83.4 Å². The average molecular weight is 614 g/mol. The Hall–Kier alpha value is -3.56. The number of amides is 1. The van der Waals surface area contributed by atoms with Crippen molar-refractivity contribution >= 4 is 6.09 Å². The van der Waals surface area contributed by atoms with E-state index in [4.69, 9.17) is 18.9 Å². The van der Waals surface area contributed by atoms with Crippen LogP contribution in [0.1, 0.15) is 64.2 Å². The summed E-state index contributed by atoms with van der Waals surface area (Å²) in [6.07, 6.45) is -3.48. The number of hydrogen-bond donors (Lipinski definition) is 1. The second-order valence-electron chi connectivity index (χ2n) is 12.7. The van der Waals surface area contributed by atoms with Gasteiger partial charge in [0.25, 0.3) is 0 Å². The van der Waals surface area contributed by atoms with Crippen molar-refractivity contribution in [1.82, 2.24) is 5.32 Å². The predicted octanol–water partition coefficient (Wildman–Crippen LogP) is 8.36. The maximum Gasteiger partial charge on any atom is 0.419 e. The van der Waals surface area contributed by atoms with Crippen LogP contribution in [0.3, 0.4) is 0 Å². The number of hydrogen-bond acceptors (Lipinski definition) is 5. The number of carbonyl (C=O) groups excluding carboxylic acids is 1. The van der Waals surface area contributed by atoms with E-state index in [-0.39, 0.29) is 38.4 Å². The zero-order valence-electron chi connectivity index (χ0n) is 26.1. The van der Waals surface area contributed by atoms with Crippen molar-refractivity contribution in [3.8, 4) is 16.9 Å². The minimum Gasteiger partial charge on any atom is -0.493 e. The second kappa shape index (κ2) is 13.6. The Labute approximate surface area is 257 Å². The fraction of sp³-hybridized carbons (Fsp3) is 0.457. The molecule has 9 heteroatoms. The first-order valence-electron chi connectivity index (χ1n) is 14.9. The summed E-state index contributed by atoms with van der Waals surface area (Å²) in [5, 5.41) is 2.86. The Bertz CT molecular complexity index is 1390. The molecule has 0 spiro atoms. The predicted molar refractivity (Wildman–Crippen MR) is 164 cm³/mol. The highest BCUT2D eigenvalue weighted by atomic mass is 19.4. The maximum absolute atomic E-state index is 14.1. The highest BCUT2D eigenvalue weighted by Crippen LogP contribution is 2.38. The van der Waals surface area contributed by atoms with Gasteiger partial charge in [0.1, 0.15) is 11.4 Å². The molecule has 0 unspecified atom stereocenters. The molecule has 6 nitrogen and oxygen atoms in total. The number of nitrogens with one attached hydrogen (secondary N) is 1. The molecule has 0 saturated carbocycles. The van der Waals surface area contributed by atoms with Gasteiger partial charge >= 0.3 is 12.3 Å². The molecule has 0 aliphatic carbocycles. The van der Waals surface area contributed by atoms with Crippen molar-refractivity contribution in [2.24, 2.45) is 0 Å². The lowest BCUT2D eigenvalue weighted by Gasteiger charge is -2.44. The van der Waals surface area contributed by atoms with Crippen LogP contribution in [-0.2, 0) is 33.2 Å². The number of halogens is 3. The summed E-state index contributed by atoms with van der Waals surface area (Å²) in [5.41, 5.74) is 1.24. The molecule has 0 atom stereocenters. The number of alkyl carbamates (subject to hydrolysis) is 1. The van der Waals surface area contributed by atoms with Crippen LogP contribution in [-0.4, -0.2) is 42.8 Å². The largest absolute Gasteiger partial charge is 0.493 e. The lowest BCUT2D eigenvalue weighted by atomic mass is 9.91. The van der Waals surface area contributed by atoms with E-state index in [0.717, 1.165) is 22.8 Å². The van der Waals surface area contributed by atoms with E-state index in [0.29, 0.717) is 18.4 Å². The third-order valence-electron chi connectivity index (χ3n) is 7.30. The van der Waals surface area contributed by atoms with Gasteiger partial charge in [0.2, 0.25) is 0 Å². The average Bonchev–Trinajstić information content (AvgIpc) is 2.95. The number of carbonyl (C=O) groups is 1. The van der Waals surface area contributed by atoms with E-state index in [1.807, 2.05) is 48.5 Å². The smallest absolute Gasteiger partial charge is 0.419 e. The standard InChI is InChI=1S/C35H42F3NO5/c1-32(2,3)44-31(40)39-34(23-42-33(4,5)43-24-34)19-18-26-16-17-30(29(22-26)35(36,37)38)41-20-10-12-25-11-9-15-28(21-25)27-13-7-6-8-14-27/h6-9,11,13-17,21-22H,10,12,18-20,23-24H2,1-5H3,(H,39,40). The van der Waals surface area contributed by atoms with Crippen molar-refractivity contribution < 1.29 is 36.9 Å². The quantitative estimate of drug-likeness (QED) is 0.233. The second-order valence-corrected chi connectivity index (χ2v) is 12.7. The summed E-state index contributed by atoms with van der Waals surface area (Å²) in [6.45, 7) is 9.18. The summed E-state index contributed by atoms with van der Waals surface area (Å²) < 4.78 is 65.0. The summed E-state index contributed by atoms with van der Waals surface area (Å²) in [5.74, 6) is -1.04. The SMILES string of the molecule is CC(C)(C)OC(=O)NC1(CCc2ccc(OCCCc3cccc(-c4ccccc4)c3)c(C(F)(F)F)c2)COC(C)(C)OC1. The molecule has 4 rings (SSSR count). The Morgan fingerprint density at radius 2 is 1.52 bits per heavy atom. The van der Waals surface area contributed by atoms with Crippen LogP contribution in [0, 0.1) is 0 Å². The van der Waals surface area contributed by atoms with Crippen LogP contribution >= 0.6 is 0 Å². The van der Waals surface area contributed by atoms with Gasteiger partial charge in [0.15, 0.2) is 5.79 Å². The van der Waals surface area contributed by atoms with E-state index in [1.165, 1.54) is 6.07 Å². The van der Waals surface area contributed by atoms with Crippen LogP contribution < -0.4 is 10.1 Å².